The SMILES string of the molecule is Cc1ccc(C2CS(=O)CCN2)cc1F. The zero-order valence-corrected chi connectivity index (χ0v) is 9.44. The summed E-state index contributed by atoms with van der Waals surface area (Å²) in [5, 5.41) is 3.25. The van der Waals surface area contributed by atoms with E-state index in [4.69, 9.17) is 0 Å². The lowest BCUT2D eigenvalue weighted by Crippen LogP contribution is -2.36. The van der Waals surface area contributed by atoms with Crippen molar-refractivity contribution in [2.24, 2.45) is 0 Å². The molecule has 1 saturated heterocycles. The molecule has 1 fully saturated rings. The van der Waals surface area contributed by atoms with Gasteiger partial charge in [0.2, 0.25) is 0 Å². The molecule has 0 bridgehead atoms. The van der Waals surface area contributed by atoms with Crippen LogP contribution in [0.2, 0.25) is 0 Å². The van der Waals surface area contributed by atoms with Crippen molar-refractivity contribution < 1.29 is 8.60 Å². The highest BCUT2D eigenvalue weighted by atomic mass is 32.2. The summed E-state index contributed by atoms with van der Waals surface area (Å²) in [6.45, 7) is 2.48. The third kappa shape index (κ3) is 2.44. The fourth-order valence-electron chi connectivity index (χ4n) is 1.72. The minimum absolute atomic E-state index is 0.0367. The van der Waals surface area contributed by atoms with E-state index in [-0.39, 0.29) is 11.9 Å². The summed E-state index contributed by atoms with van der Waals surface area (Å²) in [5.41, 5.74) is 1.54. The number of rotatable bonds is 1. The predicted octanol–water partition coefficient (Wildman–Crippen LogP) is 1.53. The summed E-state index contributed by atoms with van der Waals surface area (Å²) >= 11 is 0. The van der Waals surface area contributed by atoms with E-state index in [9.17, 15) is 8.60 Å². The van der Waals surface area contributed by atoms with Crippen molar-refractivity contribution in [2.75, 3.05) is 18.1 Å². The summed E-state index contributed by atoms with van der Waals surface area (Å²) in [6, 6.07) is 5.24. The summed E-state index contributed by atoms with van der Waals surface area (Å²) in [5.74, 6) is 1.10. The van der Waals surface area contributed by atoms with Crippen LogP contribution in [-0.2, 0) is 10.8 Å². The molecule has 0 radical (unpaired) electrons. The quantitative estimate of drug-likeness (QED) is 0.788. The van der Waals surface area contributed by atoms with Gasteiger partial charge in [-0.15, -0.1) is 0 Å². The maximum absolute atomic E-state index is 13.3. The zero-order chi connectivity index (χ0) is 10.8. The third-order valence-electron chi connectivity index (χ3n) is 2.67. The monoisotopic (exact) mass is 227 g/mol. The molecule has 0 aromatic heterocycles. The molecule has 0 amide bonds. The molecule has 2 atom stereocenters. The Morgan fingerprint density at radius 2 is 2.33 bits per heavy atom. The van der Waals surface area contributed by atoms with E-state index in [0.29, 0.717) is 17.1 Å². The lowest BCUT2D eigenvalue weighted by atomic mass is 10.1. The van der Waals surface area contributed by atoms with Gasteiger partial charge in [0.05, 0.1) is 0 Å². The van der Waals surface area contributed by atoms with Gasteiger partial charge in [-0.05, 0) is 24.1 Å². The van der Waals surface area contributed by atoms with Crippen LogP contribution in [-0.4, -0.2) is 22.3 Å². The Morgan fingerprint density at radius 1 is 1.53 bits per heavy atom. The molecular weight excluding hydrogens is 213 g/mol. The molecule has 82 valence electrons. The van der Waals surface area contributed by atoms with Gasteiger partial charge in [0.25, 0.3) is 0 Å². The van der Waals surface area contributed by atoms with Crippen molar-refractivity contribution in [3.63, 3.8) is 0 Å². The van der Waals surface area contributed by atoms with Crippen LogP contribution in [0.1, 0.15) is 17.2 Å². The average Bonchev–Trinajstić information content (AvgIpc) is 2.22. The highest BCUT2D eigenvalue weighted by Crippen LogP contribution is 2.19. The van der Waals surface area contributed by atoms with Gasteiger partial charge in [0.1, 0.15) is 5.82 Å². The molecule has 2 rings (SSSR count). The maximum Gasteiger partial charge on any atom is 0.126 e. The summed E-state index contributed by atoms with van der Waals surface area (Å²) in [4.78, 5) is 0. The van der Waals surface area contributed by atoms with Crippen molar-refractivity contribution in [1.82, 2.24) is 5.32 Å². The summed E-state index contributed by atoms with van der Waals surface area (Å²) in [6.07, 6.45) is 0. The molecule has 1 aliphatic rings. The van der Waals surface area contributed by atoms with E-state index in [2.05, 4.69) is 5.32 Å². The van der Waals surface area contributed by atoms with E-state index in [1.807, 2.05) is 6.07 Å². The van der Waals surface area contributed by atoms with Crippen molar-refractivity contribution in [3.05, 3.63) is 35.1 Å². The van der Waals surface area contributed by atoms with Crippen LogP contribution < -0.4 is 5.32 Å². The molecular formula is C11H14FNOS. The molecule has 2 unspecified atom stereocenters. The summed E-state index contributed by atoms with van der Waals surface area (Å²) in [7, 11) is -0.768. The molecule has 0 saturated carbocycles. The van der Waals surface area contributed by atoms with Gasteiger partial charge in [-0.2, -0.15) is 0 Å². The van der Waals surface area contributed by atoms with E-state index < -0.39 is 10.8 Å². The zero-order valence-electron chi connectivity index (χ0n) is 8.63. The number of nitrogens with one attached hydrogen (secondary N) is 1. The number of halogens is 1. The van der Waals surface area contributed by atoms with Gasteiger partial charge in [-0.1, -0.05) is 12.1 Å². The van der Waals surface area contributed by atoms with Crippen LogP contribution in [0.4, 0.5) is 4.39 Å². The molecule has 2 nitrogen and oxygen atoms in total. The van der Waals surface area contributed by atoms with Crippen molar-refractivity contribution in [1.29, 1.82) is 0 Å². The largest absolute Gasteiger partial charge is 0.308 e. The van der Waals surface area contributed by atoms with E-state index in [1.165, 1.54) is 6.07 Å². The van der Waals surface area contributed by atoms with Crippen LogP contribution in [0.25, 0.3) is 0 Å². The topological polar surface area (TPSA) is 29.1 Å². The van der Waals surface area contributed by atoms with Crippen LogP contribution in [0, 0.1) is 12.7 Å². The highest BCUT2D eigenvalue weighted by molar-refractivity contribution is 7.85. The number of hydrogen-bond acceptors (Lipinski definition) is 2. The van der Waals surface area contributed by atoms with Crippen LogP contribution in [0.5, 0.6) is 0 Å². The first-order valence-corrected chi connectivity index (χ1v) is 6.50. The normalized spacial score (nSPS) is 26.5. The molecule has 1 aliphatic heterocycles. The molecule has 1 N–H and O–H groups in total. The standard InChI is InChI=1S/C11H14FNOS/c1-8-2-3-9(6-10(8)12)11-7-15(14)5-4-13-11/h2-3,6,11,13H,4-5,7H2,1H3. The fourth-order valence-corrected chi connectivity index (χ4v) is 2.91. The van der Waals surface area contributed by atoms with Gasteiger partial charge in [-0.3, -0.25) is 4.21 Å². The first-order chi connectivity index (χ1) is 7.16. The van der Waals surface area contributed by atoms with E-state index in [0.717, 1.165) is 12.1 Å². The molecule has 1 aromatic rings. The smallest absolute Gasteiger partial charge is 0.126 e. The molecule has 0 spiro atoms. The van der Waals surface area contributed by atoms with Gasteiger partial charge in [0.15, 0.2) is 0 Å². The maximum atomic E-state index is 13.3. The molecule has 1 aromatic carbocycles. The van der Waals surface area contributed by atoms with Crippen LogP contribution in [0.15, 0.2) is 18.2 Å². The lowest BCUT2D eigenvalue weighted by Gasteiger charge is -2.23. The van der Waals surface area contributed by atoms with Gasteiger partial charge in [-0.25, -0.2) is 4.39 Å². The second-order valence-electron chi connectivity index (χ2n) is 3.83. The number of aryl methyl sites for hydroxylation is 1. The minimum Gasteiger partial charge on any atom is -0.308 e. The Hall–Kier alpha value is -0.740. The number of hydrogen-bond donors (Lipinski definition) is 1. The molecule has 15 heavy (non-hydrogen) atoms. The predicted molar refractivity (Wildman–Crippen MR) is 59.8 cm³/mol. The van der Waals surface area contributed by atoms with E-state index >= 15 is 0 Å². The van der Waals surface area contributed by atoms with Crippen LogP contribution in [0.3, 0.4) is 0 Å². The number of benzene rings is 1. The second kappa shape index (κ2) is 4.41. The van der Waals surface area contributed by atoms with Gasteiger partial charge < -0.3 is 5.32 Å². The second-order valence-corrected chi connectivity index (χ2v) is 5.45. The molecule has 4 heteroatoms. The lowest BCUT2D eigenvalue weighted by molar-refractivity contribution is 0.562. The average molecular weight is 227 g/mol. The van der Waals surface area contributed by atoms with Gasteiger partial charge >= 0.3 is 0 Å². The Kier molecular flexibility index (Phi) is 3.17. The highest BCUT2D eigenvalue weighted by Gasteiger charge is 2.19. The minimum atomic E-state index is -0.768. The Balaban J connectivity index is 2.21. The first-order valence-electron chi connectivity index (χ1n) is 5.01. The third-order valence-corrected chi connectivity index (χ3v) is 4.04. The van der Waals surface area contributed by atoms with Crippen molar-refractivity contribution >= 4 is 10.8 Å². The molecule has 1 heterocycles. The fraction of sp³-hybridized carbons (Fsp3) is 0.455. The van der Waals surface area contributed by atoms with Crippen molar-refractivity contribution in [3.8, 4) is 0 Å². The Morgan fingerprint density at radius 3 is 3.00 bits per heavy atom. The molecule has 0 aliphatic carbocycles. The summed E-state index contributed by atoms with van der Waals surface area (Å²) < 4.78 is 24.7. The van der Waals surface area contributed by atoms with Crippen molar-refractivity contribution in [2.45, 2.75) is 13.0 Å². The first kappa shape index (κ1) is 10.8. The Bertz CT molecular complexity index is 394. The van der Waals surface area contributed by atoms with Crippen LogP contribution >= 0.6 is 0 Å². The van der Waals surface area contributed by atoms with Gasteiger partial charge in [0, 0.05) is 34.9 Å². The van der Waals surface area contributed by atoms with E-state index in [1.54, 1.807) is 13.0 Å². The Labute approximate surface area is 91.3 Å².